The van der Waals surface area contributed by atoms with E-state index in [1.54, 1.807) is 12.1 Å². The van der Waals surface area contributed by atoms with Gasteiger partial charge in [-0.15, -0.1) is 0 Å². The Morgan fingerprint density at radius 2 is 2.00 bits per heavy atom. The molecule has 0 fully saturated rings. The molecule has 0 spiro atoms. The first-order chi connectivity index (χ1) is 6.94. The Labute approximate surface area is 89.6 Å². The van der Waals surface area contributed by atoms with E-state index in [1.807, 2.05) is 19.1 Å². The summed E-state index contributed by atoms with van der Waals surface area (Å²) in [6, 6.07) is 7.32. The third-order valence-electron chi connectivity index (χ3n) is 2.18. The van der Waals surface area contributed by atoms with Crippen LogP contribution in [0.4, 0.5) is 0 Å². The third-order valence-corrected chi connectivity index (χ3v) is 2.91. The molecule has 0 bridgehead atoms. The van der Waals surface area contributed by atoms with Crippen molar-refractivity contribution in [3.05, 3.63) is 35.4 Å². The van der Waals surface area contributed by atoms with E-state index >= 15 is 0 Å². The van der Waals surface area contributed by atoms with Gasteiger partial charge in [-0.3, -0.25) is 4.55 Å². The zero-order valence-electron chi connectivity index (χ0n) is 8.67. The maximum absolute atomic E-state index is 10.8. The van der Waals surface area contributed by atoms with Crippen molar-refractivity contribution < 1.29 is 17.7 Å². The lowest BCUT2D eigenvalue weighted by molar-refractivity contribution is 0.120. The SMILES string of the molecule is COC(CS(=O)(=O)O)c1ccccc1C. The molecule has 0 amide bonds. The average Bonchev–Trinajstić information content (AvgIpc) is 2.14. The fourth-order valence-electron chi connectivity index (χ4n) is 1.42. The molecule has 0 aliphatic carbocycles. The normalized spacial score (nSPS) is 13.8. The van der Waals surface area contributed by atoms with Crippen LogP contribution in [0.25, 0.3) is 0 Å². The largest absolute Gasteiger partial charge is 0.376 e. The summed E-state index contributed by atoms with van der Waals surface area (Å²) in [6.07, 6.45) is -0.624. The molecule has 0 heterocycles. The van der Waals surface area contributed by atoms with E-state index in [4.69, 9.17) is 9.29 Å². The fraction of sp³-hybridized carbons (Fsp3) is 0.400. The van der Waals surface area contributed by atoms with Gasteiger partial charge in [0.15, 0.2) is 0 Å². The third kappa shape index (κ3) is 3.62. The van der Waals surface area contributed by atoms with Crippen molar-refractivity contribution in [2.24, 2.45) is 0 Å². The molecule has 1 unspecified atom stereocenters. The second kappa shape index (κ2) is 4.74. The molecule has 0 aliphatic heterocycles. The van der Waals surface area contributed by atoms with Crippen molar-refractivity contribution in [1.29, 1.82) is 0 Å². The summed E-state index contributed by atoms with van der Waals surface area (Å²) in [6.45, 7) is 1.87. The molecule has 0 radical (unpaired) electrons. The van der Waals surface area contributed by atoms with Gasteiger partial charge in [-0.25, -0.2) is 0 Å². The van der Waals surface area contributed by atoms with Gasteiger partial charge in [0.25, 0.3) is 10.1 Å². The van der Waals surface area contributed by atoms with Gasteiger partial charge < -0.3 is 4.74 Å². The Bertz CT molecular complexity index is 425. The summed E-state index contributed by atoms with van der Waals surface area (Å²) in [5, 5.41) is 0. The van der Waals surface area contributed by atoms with Gasteiger partial charge in [-0.2, -0.15) is 8.42 Å². The van der Waals surface area contributed by atoms with Gasteiger partial charge in [0.2, 0.25) is 0 Å². The Morgan fingerprint density at radius 3 is 2.47 bits per heavy atom. The highest BCUT2D eigenvalue weighted by Gasteiger charge is 2.19. The number of aryl methyl sites for hydroxylation is 1. The summed E-state index contributed by atoms with van der Waals surface area (Å²) in [4.78, 5) is 0. The highest BCUT2D eigenvalue weighted by Crippen LogP contribution is 2.21. The van der Waals surface area contributed by atoms with Crippen LogP contribution in [0, 0.1) is 6.92 Å². The van der Waals surface area contributed by atoms with Gasteiger partial charge in [0.1, 0.15) is 5.75 Å². The van der Waals surface area contributed by atoms with Crippen LogP contribution >= 0.6 is 0 Å². The molecule has 0 aromatic heterocycles. The Hall–Kier alpha value is -0.910. The molecule has 1 aromatic rings. The first-order valence-corrected chi connectivity index (χ1v) is 6.08. The monoisotopic (exact) mass is 230 g/mol. The highest BCUT2D eigenvalue weighted by molar-refractivity contribution is 7.85. The number of hydrogen-bond donors (Lipinski definition) is 1. The van der Waals surface area contributed by atoms with Gasteiger partial charge in [0.05, 0.1) is 6.10 Å². The first-order valence-electron chi connectivity index (χ1n) is 4.47. The topological polar surface area (TPSA) is 63.6 Å². The van der Waals surface area contributed by atoms with E-state index in [-0.39, 0.29) is 0 Å². The standard InChI is InChI=1S/C10H14O4S/c1-8-5-3-4-6-9(8)10(14-2)7-15(11,12)13/h3-6,10H,7H2,1-2H3,(H,11,12,13). The highest BCUT2D eigenvalue weighted by atomic mass is 32.2. The minimum Gasteiger partial charge on any atom is -0.376 e. The summed E-state index contributed by atoms with van der Waals surface area (Å²) < 4.78 is 35.3. The van der Waals surface area contributed by atoms with Crippen LogP contribution in [0.5, 0.6) is 0 Å². The molecule has 1 atom stereocenters. The van der Waals surface area contributed by atoms with Gasteiger partial charge in [-0.1, -0.05) is 24.3 Å². The predicted octanol–water partition coefficient (Wildman–Crippen LogP) is 1.57. The van der Waals surface area contributed by atoms with Crippen molar-refractivity contribution in [3.8, 4) is 0 Å². The van der Waals surface area contributed by atoms with Crippen molar-refractivity contribution >= 4 is 10.1 Å². The van der Waals surface area contributed by atoms with Crippen LogP contribution in [0.15, 0.2) is 24.3 Å². The number of hydrogen-bond acceptors (Lipinski definition) is 3. The molecule has 0 saturated heterocycles. The van der Waals surface area contributed by atoms with Crippen molar-refractivity contribution in [3.63, 3.8) is 0 Å². The van der Waals surface area contributed by atoms with E-state index in [2.05, 4.69) is 0 Å². The van der Waals surface area contributed by atoms with E-state index in [0.29, 0.717) is 0 Å². The van der Waals surface area contributed by atoms with Crippen LogP contribution in [0.2, 0.25) is 0 Å². The van der Waals surface area contributed by atoms with Crippen LogP contribution in [0.3, 0.4) is 0 Å². The van der Waals surface area contributed by atoms with Crippen molar-refractivity contribution in [2.45, 2.75) is 13.0 Å². The van der Waals surface area contributed by atoms with E-state index in [1.165, 1.54) is 7.11 Å². The lowest BCUT2D eigenvalue weighted by atomic mass is 10.0. The number of rotatable bonds is 4. The van der Waals surface area contributed by atoms with Crippen LogP contribution in [-0.2, 0) is 14.9 Å². The maximum Gasteiger partial charge on any atom is 0.267 e. The summed E-state index contributed by atoms with van der Waals surface area (Å²) in [5.41, 5.74) is 1.71. The molecule has 15 heavy (non-hydrogen) atoms. The predicted molar refractivity (Wildman–Crippen MR) is 57.3 cm³/mol. The van der Waals surface area contributed by atoms with Gasteiger partial charge >= 0.3 is 0 Å². The minimum atomic E-state index is -4.03. The van der Waals surface area contributed by atoms with E-state index in [0.717, 1.165) is 11.1 Å². The van der Waals surface area contributed by atoms with Crippen molar-refractivity contribution in [1.82, 2.24) is 0 Å². The Morgan fingerprint density at radius 1 is 1.40 bits per heavy atom. The second-order valence-corrected chi connectivity index (χ2v) is 4.83. The minimum absolute atomic E-state index is 0.422. The zero-order valence-corrected chi connectivity index (χ0v) is 9.49. The smallest absolute Gasteiger partial charge is 0.267 e. The lowest BCUT2D eigenvalue weighted by Gasteiger charge is -2.16. The molecule has 1 aromatic carbocycles. The molecule has 1 N–H and O–H groups in total. The molecule has 1 rings (SSSR count). The summed E-state index contributed by atoms with van der Waals surface area (Å²) in [5.74, 6) is -0.422. The van der Waals surface area contributed by atoms with Crippen LogP contribution in [-0.4, -0.2) is 25.8 Å². The van der Waals surface area contributed by atoms with Crippen LogP contribution < -0.4 is 0 Å². The number of ether oxygens (including phenoxy) is 1. The van der Waals surface area contributed by atoms with E-state index in [9.17, 15) is 8.42 Å². The average molecular weight is 230 g/mol. The fourth-order valence-corrected chi connectivity index (χ4v) is 2.12. The molecule has 4 nitrogen and oxygen atoms in total. The van der Waals surface area contributed by atoms with Gasteiger partial charge in [-0.05, 0) is 18.1 Å². The Balaban J connectivity index is 2.98. The molecule has 0 saturated carbocycles. The number of benzene rings is 1. The van der Waals surface area contributed by atoms with E-state index < -0.39 is 22.0 Å². The summed E-state index contributed by atoms with van der Waals surface area (Å²) >= 11 is 0. The molecule has 0 aliphatic rings. The molecule has 5 heteroatoms. The molecular formula is C10H14O4S. The number of methoxy groups -OCH3 is 1. The Kier molecular flexibility index (Phi) is 3.84. The van der Waals surface area contributed by atoms with Crippen molar-refractivity contribution in [2.75, 3.05) is 12.9 Å². The maximum atomic E-state index is 10.8. The molecular weight excluding hydrogens is 216 g/mol. The molecule has 84 valence electrons. The quantitative estimate of drug-likeness (QED) is 0.797. The zero-order chi connectivity index (χ0) is 11.5. The van der Waals surface area contributed by atoms with Crippen LogP contribution in [0.1, 0.15) is 17.2 Å². The van der Waals surface area contributed by atoms with Gasteiger partial charge in [0, 0.05) is 7.11 Å². The lowest BCUT2D eigenvalue weighted by Crippen LogP contribution is -2.16. The second-order valence-electron chi connectivity index (χ2n) is 3.33. The summed E-state index contributed by atoms with van der Waals surface area (Å²) in [7, 11) is -2.61. The first kappa shape index (κ1) is 12.2.